The number of nitro benzene ring substituents is 2. The third kappa shape index (κ3) is 5.54. The van der Waals surface area contributed by atoms with Gasteiger partial charge in [-0.05, 0) is 36.8 Å². The number of carbonyl (C=O) groups is 1. The summed E-state index contributed by atoms with van der Waals surface area (Å²) in [5.41, 5.74) is -0.365. The van der Waals surface area contributed by atoms with Crippen molar-refractivity contribution in [2.24, 2.45) is 10.2 Å². The highest BCUT2D eigenvalue weighted by Crippen LogP contribution is 2.38. The van der Waals surface area contributed by atoms with Gasteiger partial charge in [0.1, 0.15) is 0 Å². The molecule has 2 aromatic carbocycles. The normalized spacial score (nSPS) is 14.6. The lowest BCUT2D eigenvalue weighted by atomic mass is 10.2. The first-order valence-corrected chi connectivity index (χ1v) is 9.77. The molecule has 12 nitrogen and oxygen atoms in total. The molecule has 1 aliphatic heterocycles. The fourth-order valence-corrected chi connectivity index (χ4v) is 3.08. The number of amides is 1. The van der Waals surface area contributed by atoms with E-state index in [4.69, 9.17) is 9.47 Å². The molecule has 0 unspecified atom stereocenters. The number of ether oxygens (including phenoxy) is 2. The zero-order valence-electron chi connectivity index (χ0n) is 16.0. The lowest BCUT2D eigenvalue weighted by Crippen LogP contribution is -2.19. The molecule has 2 aromatic rings. The number of thioether (sulfide) groups is 1. The number of hydrogen-bond donors (Lipinski definition) is 1. The van der Waals surface area contributed by atoms with E-state index in [-0.39, 0.29) is 23.2 Å². The van der Waals surface area contributed by atoms with Crippen LogP contribution in [0.1, 0.15) is 12.5 Å². The van der Waals surface area contributed by atoms with Crippen molar-refractivity contribution >= 4 is 40.4 Å². The van der Waals surface area contributed by atoms with Crippen LogP contribution in [0.2, 0.25) is 0 Å². The zero-order chi connectivity index (χ0) is 22.4. The molecule has 1 amide bonds. The van der Waals surface area contributed by atoms with Crippen molar-refractivity contribution in [2.45, 2.75) is 6.92 Å². The van der Waals surface area contributed by atoms with Crippen LogP contribution in [0.4, 0.5) is 11.4 Å². The van der Waals surface area contributed by atoms with Crippen LogP contribution in [0, 0.1) is 20.2 Å². The Labute approximate surface area is 179 Å². The van der Waals surface area contributed by atoms with Gasteiger partial charge in [-0.3, -0.25) is 25.0 Å². The third-order valence-electron chi connectivity index (χ3n) is 3.78. The minimum atomic E-state index is -0.761. The average molecular weight is 445 g/mol. The van der Waals surface area contributed by atoms with Gasteiger partial charge in [-0.2, -0.15) is 5.10 Å². The van der Waals surface area contributed by atoms with Gasteiger partial charge >= 0.3 is 5.69 Å². The standard InChI is InChI=1S/C18H15N5O7S/c1-2-29-16-7-11(9-19-21-18-20-17(24)10-31-18)3-5-15(16)30-14-6-4-12(22(25)26)8-13(14)23(27)28/h3-9H,2,10H2,1H3,(H,20,21,24). The van der Waals surface area contributed by atoms with E-state index in [1.165, 1.54) is 24.0 Å². The molecule has 0 aliphatic carbocycles. The summed E-state index contributed by atoms with van der Waals surface area (Å²) < 4.78 is 11.2. The number of nitro groups is 2. The highest BCUT2D eigenvalue weighted by Gasteiger charge is 2.22. The van der Waals surface area contributed by atoms with Gasteiger partial charge in [0.2, 0.25) is 11.7 Å². The Morgan fingerprint density at radius 1 is 1.13 bits per heavy atom. The molecular formula is C18H15N5O7S. The Hall–Kier alpha value is -4.00. The van der Waals surface area contributed by atoms with E-state index in [0.717, 1.165) is 18.2 Å². The molecule has 0 radical (unpaired) electrons. The largest absolute Gasteiger partial charge is 0.490 e. The summed E-state index contributed by atoms with van der Waals surface area (Å²) in [6.45, 7) is 2.05. The molecule has 0 saturated carbocycles. The second kappa shape index (κ2) is 9.67. The van der Waals surface area contributed by atoms with Gasteiger partial charge in [-0.1, -0.05) is 11.8 Å². The van der Waals surface area contributed by atoms with Crippen LogP contribution in [0.3, 0.4) is 0 Å². The molecular weight excluding hydrogens is 430 g/mol. The van der Waals surface area contributed by atoms with Crippen molar-refractivity contribution < 1.29 is 24.1 Å². The highest BCUT2D eigenvalue weighted by atomic mass is 32.2. The first-order valence-electron chi connectivity index (χ1n) is 8.78. The average Bonchev–Trinajstić information content (AvgIpc) is 3.15. The van der Waals surface area contributed by atoms with Crippen LogP contribution in [-0.2, 0) is 4.79 Å². The lowest BCUT2D eigenvalue weighted by Gasteiger charge is -2.12. The summed E-state index contributed by atoms with van der Waals surface area (Å²) >= 11 is 1.24. The number of non-ortho nitro benzene ring substituents is 1. The number of hydrogen-bond acceptors (Lipinski definition) is 10. The van der Waals surface area contributed by atoms with Gasteiger partial charge in [-0.15, -0.1) is 5.10 Å². The van der Waals surface area contributed by atoms with Crippen molar-refractivity contribution in [3.8, 4) is 17.2 Å². The monoisotopic (exact) mass is 445 g/mol. The molecule has 13 heteroatoms. The van der Waals surface area contributed by atoms with Gasteiger partial charge in [0.25, 0.3) is 5.69 Å². The molecule has 160 valence electrons. The lowest BCUT2D eigenvalue weighted by molar-refractivity contribution is -0.394. The summed E-state index contributed by atoms with van der Waals surface area (Å²) in [7, 11) is 0. The first kappa shape index (κ1) is 21.7. The second-order valence-electron chi connectivity index (χ2n) is 5.89. The molecule has 1 heterocycles. The summed E-state index contributed by atoms with van der Waals surface area (Å²) in [6, 6.07) is 7.85. The van der Waals surface area contributed by atoms with E-state index in [1.54, 1.807) is 19.1 Å². The van der Waals surface area contributed by atoms with Gasteiger partial charge < -0.3 is 14.8 Å². The number of rotatable bonds is 8. The maximum atomic E-state index is 11.3. The summed E-state index contributed by atoms with van der Waals surface area (Å²) in [6.07, 6.45) is 1.44. The first-order chi connectivity index (χ1) is 14.9. The van der Waals surface area contributed by atoms with Crippen LogP contribution < -0.4 is 14.8 Å². The Morgan fingerprint density at radius 2 is 1.90 bits per heavy atom. The summed E-state index contributed by atoms with van der Waals surface area (Å²) in [5.74, 6) is 0.456. The van der Waals surface area contributed by atoms with Crippen molar-refractivity contribution in [2.75, 3.05) is 12.4 Å². The van der Waals surface area contributed by atoms with Crippen LogP contribution in [0.25, 0.3) is 0 Å². The number of amidine groups is 1. The van der Waals surface area contributed by atoms with Gasteiger partial charge in [0.05, 0.1) is 34.5 Å². The molecule has 0 atom stereocenters. The van der Waals surface area contributed by atoms with Crippen molar-refractivity contribution in [1.82, 2.24) is 5.32 Å². The highest BCUT2D eigenvalue weighted by molar-refractivity contribution is 8.15. The van der Waals surface area contributed by atoms with E-state index in [0.29, 0.717) is 23.1 Å². The quantitative estimate of drug-likeness (QED) is 0.368. The molecule has 0 spiro atoms. The Balaban J connectivity index is 1.85. The summed E-state index contributed by atoms with van der Waals surface area (Å²) in [4.78, 5) is 31.9. The van der Waals surface area contributed by atoms with Crippen LogP contribution in [-0.4, -0.2) is 39.5 Å². The van der Waals surface area contributed by atoms with Crippen molar-refractivity contribution in [1.29, 1.82) is 0 Å². The predicted octanol–water partition coefficient (Wildman–Crippen LogP) is 3.25. The zero-order valence-corrected chi connectivity index (χ0v) is 16.8. The van der Waals surface area contributed by atoms with Gasteiger partial charge in [0.15, 0.2) is 16.7 Å². The smallest absolute Gasteiger partial charge is 0.318 e. The maximum absolute atomic E-state index is 11.3. The van der Waals surface area contributed by atoms with Crippen LogP contribution in [0.5, 0.6) is 17.2 Å². The molecule has 31 heavy (non-hydrogen) atoms. The fourth-order valence-electron chi connectivity index (χ4n) is 2.45. The van der Waals surface area contributed by atoms with Gasteiger partial charge in [-0.25, -0.2) is 0 Å². The summed E-state index contributed by atoms with van der Waals surface area (Å²) in [5, 5.41) is 33.0. The van der Waals surface area contributed by atoms with E-state index in [2.05, 4.69) is 15.5 Å². The predicted molar refractivity (Wildman–Crippen MR) is 113 cm³/mol. The number of carbonyl (C=O) groups excluding carboxylic acids is 1. The van der Waals surface area contributed by atoms with Crippen molar-refractivity contribution in [3.63, 3.8) is 0 Å². The fraction of sp³-hybridized carbons (Fsp3) is 0.167. The minimum Gasteiger partial charge on any atom is -0.490 e. The molecule has 1 fully saturated rings. The van der Waals surface area contributed by atoms with E-state index in [9.17, 15) is 25.0 Å². The molecule has 0 bridgehead atoms. The Kier molecular flexibility index (Phi) is 6.77. The van der Waals surface area contributed by atoms with E-state index < -0.39 is 21.2 Å². The van der Waals surface area contributed by atoms with E-state index in [1.807, 2.05) is 0 Å². The third-order valence-corrected chi connectivity index (χ3v) is 4.64. The topological polar surface area (TPSA) is 159 Å². The van der Waals surface area contributed by atoms with E-state index >= 15 is 0 Å². The molecule has 1 N–H and O–H groups in total. The molecule has 1 saturated heterocycles. The Morgan fingerprint density at radius 3 is 2.55 bits per heavy atom. The van der Waals surface area contributed by atoms with Crippen LogP contribution in [0.15, 0.2) is 46.6 Å². The molecule has 1 aliphatic rings. The minimum absolute atomic E-state index is 0.139. The number of benzene rings is 2. The van der Waals surface area contributed by atoms with Crippen molar-refractivity contribution in [3.05, 3.63) is 62.2 Å². The van der Waals surface area contributed by atoms with Crippen LogP contribution >= 0.6 is 11.8 Å². The Bertz CT molecular complexity index is 1100. The number of nitrogens with zero attached hydrogens (tertiary/aromatic N) is 4. The number of nitrogens with one attached hydrogen (secondary N) is 1. The second-order valence-corrected chi connectivity index (χ2v) is 6.86. The van der Waals surface area contributed by atoms with Gasteiger partial charge in [0, 0.05) is 6.07 Å². The maximum Gasteiger partial charge on any atom is 0.318 e. The molecule has 0 aromatic heterocycles. The SMILES string of the molecule is CCOc1cc(C=NN=C2NC(=O)CS2)ccc1Oc1ccc([N+](=O)[O-])cc1[N+](=O)[O-]. The molecule has 3 rings (SSSR count).